The van der Waals surface area contributed by atoms with Gasteiger partial charge in [0.05, 0.1) is 12.2 Å². The first-order chi connectivity index (χ1) is 14.2. The Hall–Kier alpha value is -3.12. The van der Waals surface area contributed by atoms with Crippen molar-refractivity contribution >= 4 is 23.6 Å². The van der Waals surface area contributed by atoms with Gasteiger partial charge in [-0.25, -0.2) is 4.79 Å². The molecule has 8 nitrogen and oxygen atoms in total. The summed E-state index contributed by atoms with van der Waals surface area (Å²) in [6.45, 7) is 0.525. The number of carbonyl (C=O) groups excluding carboxylic acids is 3. The molecule has 0 bridgehead atoms. The fraction of sp³-hybridized carbons (Fsp3) is 0.500. The molecule has 0 aromatic heterocycles. The number of carbonyl (C=O) groups is 3. The summed E-state index contributed by atoms with van der Waals surface area (Å²) in [5.74, 6) is -6.29. The number of rotatable bonds is 5. The highest BCUT2D eigenvalue weighted by molar-refractivity contribution is 6.01. The van der Waals surface area contributed by atoms with Crippen LogP contribution in [0, 0.1) is 0 Å². The number of anilines is 1. The number of para-hydroxylation sites is 2. The van der Waals surface area contributed by atoms with E-state index < -0.39 is 54.8 Å². The molecule has 1 aliphatic rings. The van der Waals surface area contributed by atoms with Crippen LogP contribution in [0.4, 0.5) is 32.4 Å². The molecule has 0 saturated heterocycles. The zero-order valence-corrected chi connectivity index (χ0v) is 16.6. The van der Waals surface area contributed by atoms with Gasteiger partial charge in [-0.1, -0.05) is 12.1 Å². The first-order valence-corrected chi connectivity index (χ1v) is 8.97. The Morgan fingerprint density at radius 1 is 1.23 bits per heavy atom. The molecule has 0 aliphatic carbocycles. The third-order valence-corrected chi connectivity index (χ3v) is 4.43. The topological polar surface area (TPSA) is 97.0 Å². The maximum Gasteiger partial charge on any atom is 0.455 e. The molecular formula is C18H20F5N3O5. The van der Waals surface area contributed by atoms with Gasteiger partial charge in [0.25, 0.3) is 11.8 Å². The van der Waals surface area contributed by atoms with Crippen LogP contribution in [0.3, 0.4) is 0 Å². The largest absolute Gasteiger partial charge is 0.486 e. The summed E-state index contributed by atoms with van der Waals surface area (Å²) in [5.41, 5.74) is 0.463. The van der Waals surface area contributed by atoms with Crippen LogP contribution >= 0.6 is 0 Å². The van der Waals surface area contributed by atoms with E-state index in [1.807, 2.05) is 0 Å². The Bertz CT molecular complexity index is 848. The molecule has 0 fully saturated rings. The summed E-state index contributed by atoms with van der Waals surface area (Å²) < 4.78 is 72.2. The summed E-state index contributed by atoms with van der Waals surface area (Å²) in [4.78, 5) is 37.8. The third-order valence-electron chi connectivity index (χ3n) is 4.43. The van der Waals surface area contributed by atoms with Gasteiger partial charge >= 0.3 is 18.2 Å². The van der Waals surface area contributed by atoms with E-state index in [2.05, 4.69) is 10.1 Å². The molecule has 31 heavy (non-hydrogen) atoms. The predicted octanol–water partition coefficient (Wildman–Crippen LogP) is 2.23. The number of nitrogens with zero attached hydrogens (tertiary/aromatic N) is 1. The molecule has 1 aromatic carbocycles. The van der Waals surface area contributed by atoms with Crippen LogP contribution in [-0.4, -0.2) is 61.8 Å². The number of amides is 3. The molecule has 3 atom stereocenters. The Morgan fingerprint density at radius 2 is 1.84 bits per heavy atom. The number of likely N-dealkylation sites (N-methyl/N-ethyl adjacent to an activating group) is 1. The summed E-state index contributed by atoms with van der Waals surface area (Å²) in [6.07, 6.45) is -9.94. The highest BCUT2D eigenvalue weighted by Crippen LogP contribution is 2.34. The number of alkyl carbamates (subject to hydrolysis) is 1. The van der Waals surface area contributed by atoms with Gasteiger partial charge in [0.15, 0.2) is 6.10 Å². The van der Waals surface area contributed by atoms with E-state index in [0.29, 0.717) is 11.4 Å². The summed E-state index contributed by atoms with van der Waals surface area (Å²) in [6, 6.07) is 5.46. The minimum Gasteiger partial charge on any atom is -0.486 e. The molecule has 13 heteroatoms. The number of fused-ring (bicyclic) bond motifs is 1. The van der Waals surface area contributed by atoms with Crippen LogP contribution in [0.25, 0.3) is 0 Å². The molecule has 1 aromatic rings. The molecule has 1 heterocycles. The average Bonchev–Trinajstić information content (AvgIpc) is 2.76. The monoisotopic (exact) mass is 453 g/mol. The van der Waals surface area contributed by atoms with Crippen LogP contribution in [0.2, 0.25) is 0 Å². The van der Waals surface area contributed by atoms with Crippen LogP contribution in [0.5, 0.6) is 5.75 Å². The van der Waals surface area contributed by atoms with Gasteiger partial charge < -0.3 is 25.0 Å². The zero-order valence-electron chi connectivity index (χ0n) is 16.6. The van der Waals surface area contributed by atoms with Gasteiger partial charge in [0, 0.05) is 7.05 Å². The first-order valence-electron chi connectivity index (χ1n) is 8.97. The maximum absolute atomic E-state index is 12.8. The highest BCUT2D eigenvalue weighted by Gasteiger charge is 2.57. The Balaban J connectivity index is 1.98. The second kappa shape index (κ2) is 8.94. The molecule has 0 unspecified atom stereocenters. The Morgan fingerprint density at radius 3 is 2.45 bits per heavy atom. The molecule has 3 amide bonds. The van der Waals surface area contributed by atoms with Crippen molar-refractivity contribution in [2.24, 2.45) is 0 Å². The molecule has 1 aliphatic heterocycles. The van der Waals surface area contributed by atoms with E-state index in [1.165, 1.54) is 24.2 Å². The molecule has 2 N–H and O–H groups in total. The average molecular weight is 453 g/mol. The van der Waals surface area contributed by atoms with Crippen molar-refractivity contribution in [3.05, 3.63) is 24.3 Å². The quantitative estimate of drug-likeness (QED) is 0.667. The van der Waals surface area contributed by atoms with Crippen LogP contribution in [0.15, 0.2) is 24.3 Å². The lowest BCUT2D eigenvalue weighted by Crippen LogP contribution is -2.55. The smallest absolute Gasteiger partial charge is 0.455 e. The maximum atomic E-state index is 12.8. The lowest BCUT2D eigenvalue weighted by Gasteiger charge is -2.25. The normalized spacial score (nSPS) is 20.1. The fourth-order valence-electron chi connectivity index (χ4n) is 2.62. The second-order valence-corrected chi connectivity index (χ2v) is 6.78. The number of hydrogen-bond donors (Lipinski definition) is 2. The van der Waals surface area contributed by atoms with Gasteiger partial charge in [-0.15, -0.1) is 0 Å². The van der Waals surface area contributed by atoms with Gasteiger partial charge in [0.2, 0.25) is 0 Å². The van der Waals surface area contributed by atoms with Crippen LogP contribution in [0.1, 0.15) is 13.8 Å². The van der Waals surface area contributed by atoms with E-state index in [-0.39, 0.29) is 0 Å². The van der Waals surface area contributed by atoms with E-state index in [4.69, 9.17) is 4.74 Å². The summed E-state index contributed by atoms with van der Waals surface area (Å²) >= 11 is 0. The van der Waals surface area contributed by atoms with E-state index >= 15 is 0 Å². The SMILES string of the molecule is C[C@H](OC(=O)NCC(F)(F)C(F)(F)F)C(=O)N[C@@H]1C(=O)N(C)c2ccccc2O[C@@H]1C. The van der Waals surface area contributed by atoms with Crippen molar-refractivity contribution in [3.63, 3.8) is 0 Å². The van der Waals surface area contributed by atoms with Gasteiger partial charge in [0.1, 0.15) is 17.9 Å². The first kappa shape index (κ1) is 24.2. The number of halogens is 5. The predicted molar refractivity (Wildman–Crippen MR) is 96.8 cm³/mol. The Kier molecular flexibility index (Phi) is 6.96. The highest BCUT2D eigenvalue weighted by atomic mass is 19.4. The molecule has 172 valence electrons. The standard InChI is InChI=1S/C18H20F5N3O5/c1-9-13(15(28)26(3)11-6-4-5-7-12(11)30-9)25-14(27)10(2)31-16(29)24-8-17(19,20)18(21,22)23/h4-7,9-10,13H,8H2,1-3H3,(H,24,29)(H,25,27)/t9-,10+,13+/m1/s1. The second-order valence-electron chi connectivity index (χ2n) is 6.78. The van der Waals surface area contributed by atoms with E-state index in [0.717, 1.165) is 6.92 Å². The van der Waals surface area contributed by atoms with Gasteiger partial charge in [-0.3, -0.25) is 9.59 Å². The number of hydrogen-bond acceptors (Lipinski definition) is 5. The van der Waals surface area contributed by atoms with Crippen LogP contribution < -0.4 is 20.3 Å². The Labute approximate surface area is 173 Å². The number of ether oxygens (including phenoxy) is 2. The van der Waals surface area contributed by atoms with E-state index in [9.17, 15) is 36.3 Å². The zero-order chi connectivity index (χ0) is 23.6. The van der Waals surface area contributed by atoms with E-state index in [1.54, 1.807) is 24.3 Å². The minimum atomic E-state index is -5.86. The minimum absolute atomic E-state index is 0.400. The van der Waals surface area contributed by atoms with Crippen LogP contribution in [-0.2, 0) is 14.3 Å². The van der Waals surface area contributed by atoms with Crippen molar-refractivity contribution in [2.45, 2.75) is 44.2 Å². The number of benzene rings is 1. The molecule has 0 spiro atoms. The lowest BCUT2D eigenvalue weighted by atomic mass is 10.1. The van der Waals surface area contributed by atoms with Crippen molar-refractivity contribution in [2.75, 3.05) is 18.5 Å². The van der Waals surface area contributed by atoms with Gasteiger partial charge in [-0.05, 0) is 26.0 Å². The molecule has 2 rings (SSSR count). The molecule has 0 saturated carbocycles. The lowest BCUT2D eigenvalue weighted by molar-refractivity contribution is -0.278. The number of nitrogens with one attached hydrogen (secondary N) is 2. The third kappa shape index (κ3) is 5.52. The summed E-state index contributed by atoms with van der Waals surface area (Å²) in [5, 5.41) is 3.59. The molecular weight excluding hydrogens is 433 g/mol. The van der Waals surface area contributed by atoms with Crippen molar-refractivity contribution in [3.8, 4) is 5.75 Å². The van der Waals surface area contributed by atoms with Crippen molar-refractivity contribution in [1.82, 2.24) is 10.6 Å². The number of alkyl halides is 5. The van der Waals surface area contributed by atoms with Crippen molar-refractivity contribution < 1.29 is 45.8 Å². The fourth-order valence-corrected chi connectivity index (χ4v) is 2.62. The summed E-state index contributed by atoms with van der Waals surface area (Å²) in [7, 11) is 1.47. The van der Waals surface area contributed by atoms with Gasteiger partial charge in [-0.2, -0.15) is 22.0 Å². The van der Waals surface area contributed by atoms with Crippen molar-refractivity contribution in [1.29, 1.82) is 0 Å². The molecule has 0 radical (unpaired) electrons.